The molecular formula is C17H12Cl2. The van der Waals surface area contributed by atoms with Crippen LogP contribution in [0.1, 0.15) is 12.4 Å². The molecule has 3 rings (SSSR count). The van der Waals surface area contributed by atoms with Crippen LogP contribution in [0.2, 0.25) is 10.0 Å². The lowest BCUT2D eigenvalue weighted by molar-refractivity contribution is 1.49. The van der Waals surface area contributed by atoms with Gasteiger partial charge in [0.1, 0.15) is 0 Å². The minimum atomic E-state index is -0.410. The Morgan fingerprint density at radius 1 is 0.947 bits per heavy atom. The number of hydrogen-bond donors (Lipinski definition) is 0. The Morgan fingerprint density at radius 2 is 1.68 bits per heavy atom. The maximum Gasteiger partial charge on any atom is 0.0629 e. The van der Waals surface area contributed by atoms with E-state index in [4.69, 9.17) is 30.1 Å². The van der Waals surface area contributed by atoms with Crippen LogP contribution >= 0.6 is 23.2 Å². The van der Waals surface area contributed by atoms with E-state index in [0.717, 1.165) is 5.56 Å². The fourth-order valence-corrected chi connectivity index (χ4v) is 2.68. The van der Waals surface area contributed by atoms with Crippen molar-refractivity contribution < 1.29 is 6.85 Å². The smallest absolute Gasteiger partial charge is 0.0629 e. The molecule has 2 heteroatoms. The molecule has 0 saturated heterocycles. The highest BCUT2D eigenvalue weighted by atomic mass is 35.5. The summed E-state index contributed by atoms with van der Waals surface area (Å²) in [6.45, 7) is 1.80. The third-order valence-corrected chi connectivity index (χ3v) is 3.54. The molecule has 0 unspecified atom stereocenters. The molecular weight excluding hydrogens is 275 g/mol. The van der Waals surface area contributed by atoms with Crippen molar-refractivity contribution >= 4 is 34.0 Å². The van der Waals surface area contributed by atoms with Gasteiger partial charge >= 0.3 is 0 Å². The van der Waals surface area contributed by atoms with Crippen LogP contribution in [0.15, 0.2) is 54.5 Å². The molecule has 94 valence electrons. The molecule has 19 heavy (non-hydrogen) atoms. The van der Waals surface area contributed by atoms with Gasteiger partial charge in [-0.1, -0.05) is 59.5 Å². The second kappa shape index (κ2) is 4.88. The van der Waals surface area contributed by atoms with Crippen LogP contribution in [0.4, 0.5) is 0 Å². The Kier molecular flexibility index (Phi) is 2.04. The van der Waals surface area contributed by atoms with Gasteiger partial charge in [-0.3, -0.25) is 0 Å². The number of halogens is 2. The number of benzene rings is 3. The first kappa shape index (κ1) is 7.94. The molecule has 3 aromatic rings. The lowest BCUT2D eigenvalue weighted by Crippen LogP contribution is -1.87. The van der Waals surface area contributed by atoms with E-state index in [1.54, 1.807) is 31.2 Å². The number of aryl methyl sites for hydroxylation is 1. The molecule has 0 amide bonds. The van der Waals surface area contributed by atoms with Crippen molar-refractivity contribution in [2.24, 2.45) is 0 Å². The van der Waals surface area contributed by atoms with Crippen molar-refractivity contribution in [2.75, 3.05) is 0 Å². The van der Waals surface area contributed by atoms with Crippen molar-refractivity contribution in [1.82, 2.24) is 0 Å². The fraction of sp³-hybridized carbons (Fsp3) is 0.0588. The Morgan fingerprint density at radius 3 is 2.42 bits per heavy atom. The summed E-state index contributed by atoms with van der Waals surface area (Å²) in [5.41, 5.74) is 1.47. The molecule has 0 aliphatic carbocycles. The molecule has 0 aliphatic heterocycles. The summed E-state index contributed by atoms with van der Waals surface area (Å²) < 4.78 is 39.9. The molecule has 0 saturated carbocycles. The standard InChI is InChI=1S/C17H12Cl2/c1-11-9-16(19)15-10-13(18)7-8-14(15)17(11)12-5-3-2-4-6-12/h2-10H,1H3/i2D,3D,4D,5D,6D. The Bertz CT molecular complexity index is 969. The van der Waals surface area contributed by atoms with Gasteiger partial charge < -0.3 is 0 Å². The van der Waals surface area contributed by atoms with Crippen LogP contribution in [0.5, 0.6) is 0 Å². The first-order chi connectivity index (χ1) is 11.2. The Hall–Kier alpha value is -1.50. The zero-order valence-electron chi connectivity index (χ0n) is 15.1. The van der Waals surface area contributed by atoms with Gasteiger partial charge in [0, 0.05) is 15.4 Å². The summed E-state index contributed by atoms with van der Waals surface area (Å²) in [5.74, 6) is 0. The molecule has 0 radical (unpaired) electrons. The quantitative estimate of drug-likeness (QED) is 0.506. The van der Waals surface area contributed by atoms with E-state index in [0.29, 0.717) is 26.4 Å². The average molecular weight is 292 g/mol. The molecule has 0 N–H and O–H groups in total. The third-order valence-electron chi connectivity index (χ3n) is 3.00. The van der Waals surface area contributed by atoms with E-state index < -0.39 is 6.04 Å². The highest BCUT2D eigenvalue weighted by Crippen LogP contribution is 2.37. The predicted octanol–water partition coefficient (Wildman–Crippen LogP) is 6.12. The summed E-state index contributed by atoms with van der Waals surface area (Å²) in [4.78, 5) is 0. The Balaban J connectivity index is 2.53. The molecule has 0 nitrogen and oxygen atoms in total. The van der Waals surface area contributed by atoms with Crippen LogP contribution in [-0.2, 0) is 0 Å². The second-order valence-corrected chi connectivity index (χ2v) is 5.08. The van der Waals surface area contributed by atoms with Crippen molar-refractivity contribution in [2.45, 2.75) is 6.92 Å². The largest absolute Gasteiger partial charge is 0.0843 e. The molecule has 0 aliphatic rings. The van der Waals surface area contributed by atoms with Crippen LogP contribution in [0.3, 0.4) is 0 Å². The highest BCUT2D eigenvalue weighted by Gasteiger charge is 2.10. The average Bonchev–Trinajstić information content (AvgIpc) is 2.54. The van der Waals surface area contributed by atoms with E-state index >= 15 is 0 Å². The van der Waals surface area contributed by atoms with Gasteiger partial charge in [0.2, 0.25) is 0 Å². The second-order valence-electron chi connectivity index (χ2n) is 4.24. The van der Waals surface area contributed by atoms with Crippen LogP contribution in [0, 0.1) is 6.92 Å². The normalized spacial score (nSPS) is 14.6. The lowest BCUT2D eigenvalue weighted by Gasteiger charge is -2.12. The molecule has 0 spiro atoms. The molecule has 3 aromatic carbocycles. The summed E-state index contributed by atoms with van der Waals surface area (Å²) >= 11 is 12.3. The van der Waals surface area contributed by atoms with Gasteiger partial charge in [0.05, 0.1) is 6.85 Å². The predicted molar refractivity (Wildman–Crippen MR) is 84.1 cm³/mol. The van der Waals surface area contributed by atoms with Gasteiger partial charge in [-0.15, -0.1) is 0 Å². The minimum absolute atomic E-state index is 0.169. The number of fused-ring (bicyclic) bond motifs is 1. The van der Waals surface area contributed by atoms with E-state index in [9.17, 15) is 0 Å². The molecule has 0 heterocycles. The topological polar surface area (TPSA) is 0 Å². The number of rotatable bonds is 1. The van der Waals surface area contributed by atoms with Gasteiger partial charge in [-0.05, 0) is 47.2 Å². The third kappa shape index (κ3) is 2.22. The maximum atomic E-state index is 8.21. The van der Waals surface area contributed by atoms with Crippen molar-refractivity contribution in [1.29, 1.82) is 0 Å². The van der Waals surface area contributed by atoms with Gasteiger partial charge in [0.15, 0.2) is 0 Å². The van der Waals surface area contributed by atoms with Crippen molar-refractivity contribution in [3.63, 3.8) is 0 Å². The van der Waals surface area contributed by atoms with Gasteiger partial charge in [0.25, 0.3) is 0 Å². The monoisotopic (exact) mass is 291 g/mol. The SMILES string of the molecule is [2H]c1c([2H])c([2H])c(-c2c(C)cc(Cl)c3cc(Cl)ccc23)c([2H])c1[2H]. The summed E-state index contributed by atoms with van der Waals surface area (Å²) in [6.07, 6.45) is 0. The van der Waals surface area contributed by atoms with E-state index in [2.05, 4.69) is 0 Å². The number of hydrogen-bond acceptors (Lipinski definition) is 0. The van der Waals surface area contributed by atoms with Gasteiger partial charge in [-0.25, -0.2) is 0 Å². The van der Waals surface area contributed by atoms with Crippen molar-refractivity contribution in [3.8, 4) is 11.1 Å². The first-order valence-corrected chi connectivity index (χ1v) is 6.45. The highest BCUT2D eigenvalue weighted by molar-refractivity contribution is 6.37. The summed E-state index contributed by atoms with van der Waals surface area (Å²) in [5, 5.41) is 2.39. The summed E-state index contributed by atoms with van der Waals surface area (Å²) in [7, 11) is 0. The van der Waals surface area contributed by atoms with E-state index in [-0.39, 0.29) is 29.7 Å². The summed E-state index contributed by atoms with van der Waals surface area (Å²) in [6, 6.07) is 5.28. The lowest BCUT2D eigenvalue weighted by atomic mass is 9.94. The molecule has 0 fully saturated rings. The zero-order valence-corrected chi connectivity index (χ0v) is 11.6. The first-order valence-electron chi connectivity index (χ1n) is 8.19. The van der Waals surface area contributed by atoms with Crippen LogP contribution in [0.25, 0.3) is 21.9 Å². The Labute approximate surface area is 129 Å². The molecule has 0 aromatic heterocycles. The zero-order chi connectivity index (χ0) is 17.8. The van der Waals surface area contributed by atoms with E-state index in [1.807, 2.05) is 0 Å². The fourth-order valence-electron chi connectivity index (χ4n) is 2.19. The maximum absolute atomic E-state index is 8.21. The van der Waals surface area contributed by atoms with Crippen LogP contribution in [-0.4, -0.2) is 0 Å². The van der Waals surface area contributed by atoms with Gasteiger partial charge in [-0.2, -0.15) is 0 Å². The van der Waals surface area contributed by atoms with E-state index in [1.165, 1.54) is 0 Å². The van der Waals surface area contributed by atoms with Crippen LogP contribution < -0.4 is 0 Å². The molecule has 0 bridgehead atoms. The van der Waals surface area contributed by atoms with Crippen molar-refractivity contribution in [3.05, 3.63) is 70.1 Å². The minimum Gasteiger partial charge on any atom is -0.0843 e. The molecule has 0 atom stereocenters.